The van der Waals surface area contributed by atoms with Crippen molar-refractivity contribution in [1.29, 1.82) is 0 Å². The molecule has 0 unspecified atom stereocenters. The van der Waals surface area contributed by atoms with E-state index in [4.69, 9.17) is 0 Å². The number of para-hydroxylation sites is 4. The second-order valence-electron chi connectivity index (χ2n) is 10.8. The molecule has 8 rings (SSSR count). The molecular formula is C38H32Cl2HfN2. The van der Waals surface area contributed by atoms with Gasteiger partial charge in [-0.15, -0.1) is 45.2 Å². The van der Waals surface area contributed by atoms with Gasteiger partial charge in [0.15, 0.2) is 0 Å². The first kappa shape index (κ1) is 32.5. The van der Waals surface area contributed by atoms with E-state index >= 15 is 0 Å². The quantitative estimate of drug-likeness (QED) is 0.184. The van der Waals surface area contributed by atoms with Crippen LogP contribution in [0.2, 0.25) is 0 Å². The van der Waals surface area contributed by atoms with Crippen molar-refractivity contribution in [2.45, 2.75) is 27.7 Å². The zero-order chi connectivity index (χ0) is 27.4. The van der Waals surface area contributed by atoms with Crippen LogP contribution in [0.25, 0.3) is 55.0 Å². The summed E-state index contributed by atoms with van der Waals surface area (Å²) in [7, 11) is 0. The Labute approximate surface area is 284 Å². The third-order valence-electron chi connectivity index (χ3n) is 8.47. The van der Waals surface area contributed by atoms with E-state index in [1.807, 2.05) is 0 Å². The fraction of sp³-hybridized carbons (Fsp3) is 0.105. The van der Waals surface area contributed by atoms with E-state index in [1.54, 1.807) is 0 Å². The van der Waals surface area contributed by atoms with E-state index in [9.17, 15) is 0 Å². The Morgan fingerprint density at radius 1 is 0.442 bits per heavy atom. The van der Waals surface area contributed by atoms with Gasteiger partial charge in [0.05, 0.1) is 0 Å². The van der Waals surface area contributed by atoms with Crippen molar-refractivity contribution < 1.29 is 50.7 Å². The molecule has 0 amide bonds. The van der Waals surface area contributed by atoms with Crippen LogP contribution in [-0.4, -0.2) is 9.13 Å². The Balaban J connectivity index is 0.000000184. The van der Waals surface area contributed by atoms with Gasteiger partial charge in [0.25, 0.3) is 0 Å². The van der Waals surface area contributed by atoms with Gasteiger partial charge >= 0.3 is 25.8 Å². The molecule has 0 aliphatic rings. The molecule has 0 saturated carbocycles. The SMILES string of the molecule is Cc1[cH-]c2c3ccccc3n(-c3ccccc3)c2c1C.Cc1[cH-]c2c3ccccc3n(-c3ccccc3)c2c1C.[Cl-].[Cl-].[Hf+4]. The van der Waals surface area contributed by atoms with E-state index in [-0.39, 0.29) is 50.7 Å². The number of aromatic nitrogens is 2. The number of hydrogen-bond donors (Lipinski definition) is 0. The number of aryl methyl sites for hydroxylation is 4. The first-order chi connectivity index (χ1) is 19.5. The number of benzene rings is 4. The minimum Gasteiger partial charge on any atom is -1.00 e. The molecule has 0 saturated heterocycles. The first-order valence-corrected chi connectivity index (χ1v) is 14.0. The van der Waals surface area contributed by atoms with Gasteiger partial charge < -0.3 is 33.9 Å². The molecule has 2 aromatic heterocycles. The van der Waals surface area contributed by atoms with Gasteiger partial charge in [0, 0.05) is 22.4 Å². The van der Waals surface area contributed by atoms with E-state index < -0.39 is 0 Å². The predicted octanol–water partition coefficient (Wildman–Crippen LogP) is 4.24. The van der Waals surface area contributed by atoms with Crippen molar-refractivity contribution in [3.8, 4) is 11.4 Å². The molecule has 8 aromatic rings. The number of hydrogen-bond acceptors (Lipinski definition) is 0. The van der Waals surface area contributed by atoms with E-state index in [2.05, 4.69) is 158 Å². The topological polar surface area (TPSA) is 9.86 Å². The summed E-state index contributed by atoms with van der Waals surface area (Å²) in [5, 5.41) is 5.39. The molecule has 2 nitrogen and oxygen atoms in total. The summed E-state index contributed by atoms with van der Waals surface area (Å²) in [6.45, 7) is 8.82. The van der Waals surface area contributed by atoms with Crippen molar-refractivity contribution in [1.82, 2.24) is 9.13 Å². The summed E-state index contributed by atoms with van der Waals surface area (Å²) in [6.07, 6.45) is 0. The third-order valence-corrected chi connectivity index (χ3v) is 8.47. The van der Waals surface area contributed by atoms with Crippen molar-refractivity contribution in [2.24, 2.45) is 0 Å². The van der Waals surface area contributed by atoms with Crippen LogP contribution in [0.5, 0.6) is 0 Å². The number of rotatable bonds is 2. The second kappa shape index (κ2) is 13.1. The average molecular weight is 766 g/mol. The summed E-state index contributed by atoms with van der Waals surface area (Å²) >= 11 is 0. The summed E-state index contributed by atoms with van der Waals surface area (Å²) in [4.78, 5) is 0. The molecule has 0 fully saturated rings. The van der Waals surface area contributed by atoms with Crippen LogP contribution in [0.3, 0.4) is 0 Å². The third kappa shape index (κ3) is 5.33. The van der Waals surface area contributed by atoms with Gasteiger partial charge in [-0.2, -0.15) is 0 Å². The smallest absolute Gasteiger partial charge is 1.00 e. The van der Waals surface area contributed by atoms with Crippen LogP contribution in [-0.2, 0) is 25.8 Å². The van der Waals surface area contributed by atoms with Crippen molar-refractivity contribution in [2.75, 3.05) is 0 Å². The molecular weight excluding hydrogens is 734 g/mol. The monoisotopic (exact) mass is 766 g/mol. The number of fused-ring (bicyclic) bond motifs is 6. The van der Waals surface area contributed by atoms with Gasteiger partial charge in [-0.25, -0.2) is 0 Å². The largest absolute Gasteiger partial charge is 4.00 e. The van der Waals surface area contributed by atoms with E-state index in [1.165, 1.54) is 77.2 Å². The van der Waals surface area contributed by atoms with Crippen LogP contribution >= 0.6 is 0 Å². The Morgan fingerprint density at radius 3 is 1.14 bits per heavy atom. The molecule has 0 aliphatic carbocycles. The molecule has 43 heavy (non-hydrogen) atoms. The normalized spacial score (nSPS) is 10.7. The minimum atomic E-state index is 0. The zero-order valence-corrected chi connectivity index (χ0v) is 29.8. The molecule has 2 heterocycles. The number of halogens is 2. The summed E-state index contributed by atoms with van der Waals surface area (Å²) in [5.41, 5.74) is 13.2. The van der Waals surface area contributed by atoms with E-state index in [0.29, 0.717) is 0 Å². The maximum absolute atomic E-state index is 2.38. The van der Waals surface area contributed by atoms with Crippen LogP contribution in [0.15, 0.2) is 121 Å². The molecule has 0 radical (unpaired) electrons. The maximum Gasteiger partial charge on any atom is 4.00 e. The summed E-state index contributed by atoms with van der Waals surface area (Å²) in [6, 6.07) is 43.2. The molecule has 0 aliphatic heterocycles. The van der Waals surface area contributed by atoms with Gasteiger partial charge in [0.2, 0.25) is 0 Å². The Hall–Kier alpha value is -3.37. The van der Waals surface area contributed by atoms with E-state index in [0.717, 1.165) is 0 Å². The standard InChI is InChI=1S/2C19H16N.2ClH.Hf/c2*1-13-12-17-16-10-6-7-11-18(16)20(19(17)14(13)2)15-8-4-3-5-9-15;;;/h2*3-12H,1-2H3;2*1H;/q2*-1;;;+4/p-2. The fourth-order valence-electron chi connectivity index (χ4n) is 6.27. The molecule has 0 spiro atoms. The van der Waals surface area contributed by atoms with Crippen molar-refractivity contribution in [3.05, 3.63) is 144 Å². The fourth-order valence-corrected chi connectivity index (χ4v) is 6.27. The second-order valence-corrected chi connectivity index (χ2v) is 10.8. The Morgan fingerprint density at radius 2 is 0.767 bits per heavy atom. The zero-order valence-electron chi connectivity index (χ0n) is 24.7. The maximum atomic E-state index is 2.38. The van der Waals surface area contributed by atoms with Crippen molar-refractivity contribution >= 4 is 43.6 Å². The minimum absolute atomic E-state index is 0. The Kier molecular flexibility index (Phi) is 9.91. The molecule has 0 atom stereocenters. The van der Waals surface area contributed by atoms with Crippen LogP contribution < -0.4 is 24.8 Å². The molecule has 5 heteroatoms. The molecule has 0 N–H and O–H groups in total. The number of nitrogens with zero attached hydrogens (tertiary/aromatic N) is 2. The van der Waals surface area contributed by atoms with Gasteiger partial charge in [0.1, 0.15) is 0 Å². The summed E-state index contributed by atoms with van der Waals surface area (Å²) < 4.78 is 4.76. The molecule has 0 bridgehead atoms. The van der Waals surface area contributed by atoms with Gasteiger partial charge in [-0.1, -0.05) is 122 Å². The first-order valence-electron chi connectivity index (χ1n) is 14.0. The van der Waals surface area contributed by atoms with Crippen LogP contribution in [0.1, 0.15) is 22.3 Å². The average Bonchev–Trinajstić information content (AvgIpc) is 3.68. The van der Waals surface area contributed by atoms with Gasteiger partial charge in [-0.05, 0) is 36.4 Å². The Bertz CT molecular complexity index is 1990. The summed E-state index contributed by atoms with van der Waals surface area (Å²) in [5.74, 6) is 0. The van der Waals surface area contributed by atoms with Gasteiger partial charge in [-0.3, -0.25) is 0 Å². The van der Waals surface area contributed by atoms with Crippen molar-refractivity contribution in [3.63, 3.8) is 0 Å². The predicted molar refractivity (Wildman–Crippen MR) is 172 cm³/mol. The van der Waals surface area contributed by atoms with Crippen LogP contribution in [0, 0.1) is 27.7 Å². The molecule has 6 aromatic carbocycles. The molecule has 212 valence electrons. The van der Waals surface area contributed by atoms with Crippen LogP contribution in [0.4, 0.5) is 0 Å².